The molecule has 2 N–H and O–H groups in total. The van der Waals surface area contributed by atoms with Crippen molar-refractivity contribution in [2.24, 2.45) is 10.9 Å². The van der Waals surface area contributed by atoms with Gasteiger partial charge in [-0.05, 0) is 49.8 Å². The number of nitrogens with one attached hydrogen (secondary N) is 2. The number of nitrogens with zero attached hydrogens (tertiary/aromatic N) is 1. The van der Waals surface area contributed by atoms with Crippen LogP contribution in [-0.4, -0.2) is 25.6 Å². The van der Waals surface area contributed by atoms with Crippen LogP contribution in [-0.2, 0) is 12.6 Å². The third kappa shape index (κ3) is 5.58. The average Bonchev–Trinajstić information content (AvgIpc) is 3.28. The third-order valence-corrected chi connectivity index (χ3v) is 3.54. The van der Waals surface area contributed by atoms with Crippen LogP contribution in [0.25, 0.3) is 0 Å². The van der Waals surface area contributed by atoms with E-state index in [2.05, 4.69) is 15.6 Å². The molecule has 0 heterocycles. The van der Waals surface area contributed by atoms with E-state index >= 15 is 0 Å². The zero-order chi connectivity index (χ0) is 16.0. The Morgan fingerprint density at radius 3 is 2.41 bits per heavy atom. The summed E-state index contributed by atoms with van der Waals surface area (Å²) in [6, 6.07) is 5.31. The predicted molar refractivity (Wildman–Crippen MR) is 81.9 cm³/mol. The van der Waals surface area contributed by atoms with E-state index in [1.54, 1.807) is 0 Å². The Labute approximate surface area is 129 Å². The predicted octanol–water partition coefficient (Wildman–Crippen LogP) is 3.21. The van der Waals surface area contributed by atoms with Gasteiger partial charge in [0, 0.05) is 19.6 Å². The summed E-state index contributed by atoms with van der Waals surface area (Å²) in [6.07, 6.45) is -1.10. The second-order valence-corrected chi connectivity index (χ2v) is 5.53. The van der Waals surface area contributed by atoms with Crippen LogP contribution in [0.15, 0.2) is 29.3 Å². The highest BCUT2D eigenvalue weighted by atomic mass is 19.4. The fourth-order valence-electron chi connectivity index (χ4n) is 2.05. The van der Waals surface area contributed by atoms with Crippen LogP contribution in [0, 0.1) is 5.92 Å². The third-order valence-electron chi connectivity index (χ3n) is 3.54. The molecule has 2 rings (SSSR count). The highest BCUT2D eigenvalue weighted by Crippen LogP contribution is 2.29. The van der Waals surface area contributed by atoms with E-state index in [1.807, 2.05) is 6.92 Å². The van der Waals surface area contributed by atoms with Crippen LogP contribution in [0.4, 0.5) is 13.2 Å². The fourth-order valence-corrected chi connectivity index (χ4v) is 2.05. The lowest BCUT2D eigenvalue weighted by atomic mass is 10.1. The van der Waals surface area contributed by atoms with Crippen molar-refractivity contribution in [3.63, 3.8) is 0 Å². The van der Waals surface area contributed by atoms with Gasteiger partial charge in [0.1, 0.15) is 0 Å². The molecule has 0 aliphatic heterocycles. The molecular formula is C16H22F3N3. The van der Waals surface area contributed by atoms with E-state index in [1.165, 1.54) is 25.0 Å². The molecule has 0 atom stereocenters. The summed E-state index contributed by atoms with van der Waals surface area (Å²) < 4.78 is 37.4. The first-order chi connectivity index (χ1) is 10.5. The number of hydrogen-bond donors (Lipinski definition) is 2. The summed E-state index contributed by atoms with van der Waals surface area (Å²) in [7, 11) is 0. The molecule has 0 spiro atoms. The molecule has 1 aromatic rings. The average molecular weight is 313 g/mol. The first kappa shape index (κ1) is 16.6. The molecule has 122 valence electrons. The highest BCUT2D eigenvalue weighted by Gasteiger charge is 2.29. The molecule has 1 aliphatic rings. The summed E-state index contributed by atoms with van der Waals surface area (Å²) in [4.78, 5) is 4.50. The van der Waals surface area contributed by atoms with Crippen LogP contribution in [0.5, 0.6) is 0 Å². The molecule has 0 bridgehead atoms. The topological polar surface area (TPSA) is 36.4 Å². The smallest absolute Gasteiger partial charge is 0.357 e. The summed E-state index contributed by atoms with van der Waals surface area (Å²) in [5, 5.41) is 6.38. The zero-order valence-electron chi connectivity index (χ0n) is 12.7. The van der Waals surface area contributed by atoms with Gasteiger partial charge in [-0.25, -0.2) is 0 Å². The number of rotatable bonds is 6. The van der Waals surface area contributed by atoms with E-state index in [4.69, 9.17) is 0 Å². The number of hydrogen-bond acceptors (Lipinski definition) is 1. The van der Waals surface area contributed by atoms with Gasteiger partial charge in [0.05, 0.1) is 5.56 Å². The summed E-state index contributed by atoms with van der Waals surface area (Å²) in [5.74, 6) is 1.51. The van der Waals surface area contributed by atoms with Gasteiger partial charge in [-0.1, -0.05) is 12.1 Å². The van der Waals surface area contributed by atoms with Crippen molar-refractivity contribution in [3.8, 4) is 0 Å². The van der Waals surface area contributed by atoms with E-state index in [0.29, 0.717) is 13.0 Å². The number of aliphatic imine (C=N–C) groups is 1. The minimum absolute atomic E-state index is 0.608. The molecule has 0 saturated heterocycles. The van der Waals surface area contributed by atoms with Crippen molar-refractivity contribution in [2.45, 2.75) is 32.4 Å². The van der Waals surface area contributed by atoms with Gasteiger partial charge in [0.25, 0.3) is 0 Å². The van der Waals surface area contributed by atoms with Gasteiger partial charge >= 0.3 is 6.18 Å². The second-order valence-electron chi connectivity index (χ2n) is 5.53. The summed E-state index contributed by atoms with van der Waals surface area (Å²) in [5.41, 5.74) is 0.266. The Morgan fingerprint density at radius 1 is 1.18 bits per heavy atom. The number of halogens is 3. The number of benzene rings is 1. The molecule has 22 heavy (non-hydrogen) atoms. The molecule has 0 amide bonds. The second kappa shape index (κ2) is 7.51. The molecule has 1 fully saturated rings. The fraction of sp³-hybridized carbons (Fsp3) is 0.562. The van der Waals surface area contributed by atoms with E-state index < -0.39 is 11.7 Å². The van der Waals surface area contributed by atoms with Gasteiger partial charge in [0.15, 0.2) is 5.96 Å². The SMILES string of the molecule is CCNC(=NCC1CC1)NCCc1ccc(C(F)(F)F)cc1. The van der Waals surface area contributed by atoms with Crippen LogP contribution in [0.3, 0.4) is 0 Å². The van der Waals surface area contributed by atoms with Crippen molar-refractivity contribution in [2.75, 3.05) is 19.6 Å². The maximum atomic E-state index is 12.5. The molecular weight excluding hydrogens is 291 g/mol. The van der Waals surface area contributed by atoms with E-state index in [-0.39, 0.29) is 0 Å². The normalized spacial score (nSPS) is 15.7. The maximum absolute atomic E-state index is 12.5. The lowest BCUT2D eigenvalue weighted by Gasteiger charge is -2.12. The van der Waals surface area contributed by atoms with Gasteiger partial charge in [-0.2, -0.15) is 13.2 Å². The quantitative estimate of drug-likeness (QED) is 0.625. The summed E-state index contributed by atoms with van der Waals surface area (Å²) in [6.45, 7) is 4.28. The van der Waals surface area contributed by atoms with Crippen molar-refractivity contribution < 1.29 is 13.2 Å². The number of guanidine groups is 1. The van der Waals surface area contributed by atoms with Crippen LogP contribution in [0.2, 0.25) is 0 Å². The summed E-state index contributed by atoms with van der Waals surface area (Å²) >= 11 is 0. The van der Waals surface area contributed by atoms with Crippen LogP contribution >= 0.6 is 0 Å². The largest absolute Gasteiger partial charge is 0.416 e. The minimum Gasteiger partial charge on any atom is -0.357 e. The standard InChI is InChI=1S/C16H22F3N3/c1-2-20-15(22-11-13-3-4-13)21-10-9-12-5-7-14(8-6-12)16(17,18)19/h5-8,13H,2-4,9-11H2,1H3,(H2,20,21,22). The first-order valence-electron chi connectivity index (χ1n) is 7.67. The van der Waals surface area contributed by atoms with E-state index in [9.17, 15) is 13.2 Å². The Hall–Kier alpha value is -1.72. The van der Waals surface area contributed by atoms with E-state index in [0.717, 1.165) is 42.7 Å². The van der Waals surface area contributed by atoms with Crippen molar-refractivity contribution in [3.05, 3.63) is 35.4 Å². The molecule has 0 aromatic heterocycles. The maximum Gasteiger partial charge on any atom is 0.416 e. The Morgan fingerprint density at radius 2 is 1.86 bits per heavy atom. The molecule has 3 nitrogen and oxygen atoms in total. The molecule has 0 radical (unpaired) electrons. The van der Waals surface area contributed by atoms with Gasteiger partial charge < -0.3 is 10.6 Å². The zero-order valence-corrected chi connectivity index (χ0v) is 12.7. The highest BCUT2D eigenvalue weighted by molar-refractivity contribution is 5.79. The lowest BCUT2D eigenvalue weighted by molar-refractivity contribution is -0.137. The lowest BCUT2D eigenvalue weighted by Crippen LogP contribution is -2.38. The van der Waals surface area contributed by atoms with Gasteiger partial charge in [0.2, 0.25) is 0 Å². The monoisotopic (exact) mass is 313 g/mol. The van der Waals surface area contributed by atoms with Crippen molar-refractivity contribution >= 4 is 5.96 Å². The molecule has 1 saturated carbocycles. The Balaban J connectivity index is 1.79. The molecule has 0 unspecified atom stereocenters. The molecule has 1 aromatic carbocycles. The molecule has 6 heteroatoms. The molecule has 1 aliphatic carbocycles. The Kier molecular flexibility index (Phi) is 5.69. The number of alkyl halides is 3. The minimum atomic E-state index is -4.27. The Bertz CT molecular complexity index is 490. The van der Waals surface area contributed by atoms with Crippen LogP contribution < -0.4 is 10.6 Å². The van der Waals surface area contributed by atoms with Crippen molar-refractivity contribution in [1.29, 1.82) is 0 Å². The van der Waals surface area contributed by atoms with Crippen LogP contribution in [0.1, 0.15) is 30.9 Å². The van der Waals surface area contributed by atoms with Gasteiger partial charge in [-0.15, -0.1) is 0 Å². The first-order valence-corrected chi connectivity index (χ1v) is 7.67. The van der Waals surface area contributed by atoms with Crippen molar-refractivity contribution in [1.82, 2.24) is 10.6 Å². The van der Waals surface area contributed by atoms with Gasteiger partial charge in [-0.3, -0.25) is 4.99 Å².